The molecule has 3 N–H and O–H groups in total. The van der Waals surface area contributed by atoms with Crippen molar-refractivity contribution in [3.05, 3.63) is 83.1 Å². The van der Waals surface area contributed by atoms with Crippen LogP contribution >= 0.6 is 11.6 Å². The molecule has 0 radical (unpaired) electrons. The molecule has 0 saturated carbocycles. The van der Waals surface area contributed by atoms with E-state index in [1.807, 2.05) is 24.3 Å². The quantitative estimate of drug-likeness (QED) is 0.214. The number of carbonyl (C=O) groups excluding carboxylic acids is 2. The second-order valence-corrected chi connectivity index (χ2v) is 15.2. The number of rotatable bonds is 9. The normalized spacial score (nSPS) is 11.6. The summed E-state index contributed by atoms with van der Waals surface area (Å²) in [7, 11) is -1.76. The van der Waals surface area contributed by atoms with Crippen LogP contribution in [0.1, 0.15) is 41.5 Å². The van der Waals surface area contributed by atoms with Gasteiger partial charge < -0.3 is 20.4 Å². The van der Waals surface area contributed by atoms with Crippen molar-refractivity contribution in [2.24, 2.45) is 0 Å². The van der Waals surface area contributed by atoms with Gasteiger partial charge in [0.25, 0.3) is 11.8 Å². The molecule has 0 bridgehead atoms. The number of carbonyl (C=O) groups is 2. The first kappa shape index (κ1) is 27.4. The molecule has 3 rings (SSSR count). The van der Waals surface area contributed by atoms with Crippen LogP contribution in [-0.2, 0) is 4.43 Å². The second kappa shape index (κ2) is 11.7. The number of hydrogen-bond acceptors (Lipinski definition) is 5. The Morgan fingerprint density at radius 1 is 0.917 bits per heavy atom. The lowest BCUT2D eigenvalue weighted by molar-refractivity contribution is 0.102. The molecular formula is C27H33ClN4O3Si. The van der Waals surface area contributed by atoms with Gasteiger partial charge in [0.2, 0.25) is 0 Å². The third-order valence-corrected chi connectivity index (χ3v) is 11.1. The standard InChI is InChI=1S/C27H33ClN4O3Si/c1-27(2,3)36(4,5)35-17-16-30-21-10-12-22(13-11-21)31-26(34)23-14-15-29-18-24(23)32-25(33)19-6-8-20(28)9-7-19/h6-15,18,30H,16-17H2,1-5H3,(H,31,34)(H,32,33). The lowest BCUT2D eigenvalue weighted by Crippen LogP contribution is -2.41. The Morgan fingerprint density at radius 3 is 2.19 bits per heavy atom. The second-order valence-electron chi connectivity index (χ2n) is 9.95. The van der Waals surface area contributed by atoms with E-state index < -0.39 is 8.32 Å². The van der Waals surface area contributed by atoms with Crippen molar-refractivity contribution in [3.63, 3.8) is 0 Å². The van der Waals surface area contributed by atoms with Gasteiger partial charge in [-0.2, -0.15) is 0 Å². The summed E-state index contributed by atoms with van der Waals surface area (Å²) in [6, 6.07) is 15.5. The number of anilines is 3. The molecule has 0 aliphatic carbocycles. The number of pyridine rings is 1. The summed E-state index contributed by atoms with van der Waals surface area (Å²) in [5, 5.41) is 9.68. The Bertz CT molecular complexity index is 1190. The molecule has 0 atom stereocenters. The van der Waals surface area contributed by atoms with Crippen LogP contribution in [0.4, 0.5) is 17.1 Å². The van der Waals surface area contributed by atoms with Crippen molar-refractivity contribution < 1.29 is 14.0 Å². The van der Waals surface area contributed by atoms with Gasteiger partial charge in [-0.25, -0.2) is 0 Å². The van der Waals surface area contributed by atoms with Gasteiger partial charge in [-0.15, -0.1) is 0 Å². The van der Waals surface area contributed by atoms with Gasteiger partial charge in [-0.1, -0.05) is 32.4 Å². The maximum Gasteiger partial charge on any atom is 0.257 e. The number of nitrogens with one attached hydrogen (secondary N) is 3. The van der Waals surface area contributed by atoms with Gasteiger partial charge >= 0.3 is 0 Å². The van der Waals surface area contributed by atoms with E-state index in [2.05, 4.69) is 54.8 Å². The predicted octanol–water partition coefficient (Wildman–Crippen LogP) is 6.67. The molecule has 2 aromatic carbocycles. The third-order valence-electron chi connectivity index (χ3n) is 6.26. The lowest BCUT2D eigenvalue weighted by atomic mass is 10.1. The SMILES string of the molecule is CC(C)(C)[Si](C)(C)OCCNc1ccc(NC(=O)c2ccncc2NC(=O)c2ccc(Cl)cc2)cc1. The third kappa shape index (κ3) is 7.40. The highest BCUT2D eigenvalue weighted by Crippen LogP contribution is 2.36. The minimum absolute atomic E-state index is 0.181. The van der Waals surface area contributed by atoms with Crippen molar-refractivity contribution in [1.29, 1.82) is 0 Å². The fourth-order valence-corrected chi connectivity index (χ4v) is 4.25. The van der Waals surface area contributed by atoms with Crippen molar-refractivity contribution in [2.45, 2.75) is 38.9 Å². The van der Waals surface area contributed by atoms with E-state index in [1.54, 1.807) is 30.3 Å². The molecule has 1 aromatic heterocycles. The molecule has 36 heavy (non-hydrogen) atoms. The van der Waals surface area contributed by atoms with E-state index in [1.165, 1.54) is 12.4 Å². The molecule has 1 heterocycles. The van der Waals surface area contributed by atoms with Gasteiger partial charge in [0.1, 0.15) is 0 Å². The fourth-order valence-electron chi connectivity index (χ4n) is 3.08. The number of hydrogen-bond donors (Lipinski definition) is 3. The number of benzene rings is 2. The summed E-state index contributed by atoms with van der Waals surface area (Å²) in [6.07, 6.45) is 2.95. The average molecular weight is 525 g/mol. The molecule has 0 aliphatic rings. The average Bonchev–Trinajstić information content (AvgIpc) is 2.83. The van der Waals surface area contributed by atoms with Crippen LogP contribution in [0.15, 0.2) is 67.0 Å². The van der Waals surface area contributed by atoms with Crippen LogP contribution in [-0.4, -0.2) is 38.3 Å². The number of aromatic nitrogens is 1. The number of amides is 2. The van der Waals surface area contributed by atoms with Crippen LogP contribution in [0.3, 0.4) is 0 Å². The van der Waals surface area contributed by atoms with Crippen molar-refractivity contribution in [2.75, 3.05) is 29.1 Å². The molecule has 0 fully saturated rings. The molecule has 0 aliphatic heterocycles. The highest BCUT2D eigenvalue weighted by atomic mass is 35.5. The Labute approximate surface area is 218 Å². The summed E-state index contributed by atoms with van der Waals surface area (Å²) in [4.78, 5) is 29.6. The molecule has 2 amide bonds. The number of halogens is 1. The first-order valence-corrected chi connectivity index (χ1v) is 15.0. The van der Waals surface area contributed by atoms with Crippen LogP contribution in [0.25, 0.3) is 0 Å². The summed E-state index contributed by atoms with van der Waals surface area (Å²) in [6.45, 7) is 12.5. The molecule has 9 heteroatoms. The molecule has 0 unspecified atom stereocenters. The zero-order valence-corrected chi connectivity index (χ0v) is 23.1. The highest BCUT2D eigenvalue weighted by molar-refractivity contribution is 6.74. The summed E-state index contributed by atoms with van der Waals surface area (Å²) in [5.74, 6) is -0.714. The van der Waals surface area contributed by atoms with E-state index in [0.29, 0.717) is 40.7 Å². The smallest absolute Gasteiger partial charge is 0.257 e. The largest absolute Gasteiger partial charge is 0.415 e. The van der Waals surface area contributed by atoms with Gasteiger partial charge in [-0.3, -0.25) is 14.6 Å². The maximum absolute atomic E-state index is 12.9. The Morgan fingerprint density at radius 2 is 1.56 bits per heavy atom. The fraction of sp³-hybridized carbons (Fsp3) is 0.296. The molecule has 190 valence electrons. The van der Waals surface area contributed by atoms with Gasteiger partial charge in [0, 0.05) is 34.7 Å². The predicted molar refractivity (Wildman–Crippen MR) is 150 cm³/mol. The van der Waals surface area contributed by atoms with Crippen molar-refractivity contribution >= 4 is 48.8 Å². The van der Waals surface area contributed by atoms with Crippen LogP contribution < -0.4 is 16.0 Å². The molecule has 3 aromatic rings. The van der Waals surface area contributed by atoms with Gasteiger partial charge in [0.05, 0.1) is 24.1 Å². The minimum atomic E-state index is -1.76. The summed E-state index contributed by atoms with van der Waals surface area (Å²) < 4.78 is 6.19. The Kier molecular flexibility index (Phi) is 8.89. The topological polar surface area (TPSA) is 92.3 Å². The highest BCUT2D eigenvalue weighted by Gasteiger charge is 2.36. The van der Waals surface area contributed by atoms with Crippen LogP contribution in [0, 0.1) is 0 Å². The Balaban J connectivity index is 1.56. The Hall–Kier alpha value is -3.20. The first-order chi connectivity index (χ1) is 17.0. The summed E-state index contributed by atoms with van der Waals surface area (Å²) >= 11 is 5.89. The lowest BCUT2D eigenvalue weighted by Gasteiger charge is -2.36. The number of nitrogens with zero attached hydrogens (tertiary/aromatic N) is 1. The van der Waals surface area contributed by atoms with Gasteiger partial charge in [-0.05, 0) is 72.7 Å². The molecule has 7 nitrogen and oxygen atoms in total. The minimum Gasteiger partial charge on any atom is -0.415 e. The van der Waals surface area contributed by atoms with Crippen LogP contribution in [0.5, 0.6) is 0 Å². The van der Waals surface area contributed by atoms with E-state index in [9.17, 15) is 9.59 Å². The zero-order chi connectivity index (χ0) is 26.3. The zero-order valence-electron chi connectivity index (χ0n) is 21.3. The maximum atomic E-state index is 12.9. The van der Waals surface area contributed by atoms with Crippen LogP contribution in [0.2, 0.25) is 23.2 Å². The van der Waals surface area contributed by atoms with Crippen molar-refractivity contribution in [3.8, 4) is 0 Å². The molecular weight excluding hydrogens is 492 g/mol. The summed E-state index contributed by atoms with van der Waals surface area (Å²) in [5.41, 5.74) is 2.61. The van der Waals surface area contributed by atoms with E-state index in [0.717, 1.165) is 5.69 Å². The van der Waals surface area contributed by atoms with E-state index >= 15 is 0 Å². The van der Waals surface area contributed by atoms with Gasteiger partial charge in [0.15, 0.2) is 8.32 Å². The first-order valence-electron chi connectivity index (χ1n) is 11.8. The van der Waals surface area contributed by atoms with E-state index in [4.69, 9.17) is 16.0 Å². The molecule has 0 spiro atoms. The molecule has 0 saturated heterocycles. The van der Waals surface area contributed by atoms with E-state index in [-0.39, 0.29) is 16.9 Å². The monoisotopic (exact) mass is 524 g/mol. The van der Waals surface area contributed by atoms with Crippen molar-refractivity contribution in [1.82, 2.24) is 4.98 Å².